The molecule has 0 saturated heterocycles. The van der Waals surface area contributed by atoms with Crippen LogP contribution in [0.2, 0.25) is 0 Å². The van der Waals surface area contributed by atoms with Crippen molar-refractivity contribution in [3.8, 4) is 0 Å². The first-order valence-electron chi connectivity index (χ1n) is 0.617. The molecule has 0 aliphatic heterocycles. The van der Waals surface area contributed by atoms with Gasteiger partial charge >= 0.3 is 80.9 Å². The third kappa shape index (κ3) is 46.5. The van der Waals surface area contributed by atoms with E-state index >= 15 is 0 Å². The van der Waals surface area contributed by atoms with Crippen LogP contribution in [0, 0.1) is 0 Å². The number of hydrogen-bond donors (Lipinski definition) is 0. The largest absolute Gasteiger partial charge is 1.00 e. The van der Waals surface area contributed by atoms with Crippen LogP contribution < -0.4 is 115 Å². The van der Waals surface area contributed by atoms with Gasteiger partial charge in [-0.25, -0.2) is 0 Å². The molecule has 7 heteroatoms. The second-order valence-corrected chi connectivity index (χ2v) is 2.54. The zero-order chi connectivity index (χ0) is 4.50. The van der Waals surface area contributed by atoms with Gasteiger partial charge in [-0.1, -0.05) is 0 Å². The Morgan fingerprint density at radius 3 is 0.857 bits per heavy atom. The molecule has 0 N–H and O–H groups in total. The fourth-order valence-electron chi connectivity index (χ4n) is 0. The predicted molar refractivity (Wildman–Crippen MR) is 0 cm³/mol. The molecule has 0 saturated carbocycles. The van der Waals surface area contributed by atoms with Gasteiger partial charge in [0.25, 0.3) is 0 Å². The quantitative estimate of drug-likeness (QED) is 0.316. The molecule has 32 valence electrons. The third-order valence-corrected chi connectivity index (χ3v) is 0. The molecule has 0 amide bonds. The van der Waals surface area contributed by atoms with Crippen molar-refractivity contribution in [2.45, 2.75) is 0 Å². The minimum absolute atomic E-state index is 0. The van der Waals surface area contributed by atoms with Crippen LogP contribution >= 0.6 is 0 Å². The monoisotopic (exact) mass is 253 g/mol. The van der Waals surface area contributed by atoms with Crippen LogP contribution in [-0.4, -0.2) is 0 Å². The van der Waals surface area contributed by atoms with Gasteiger partial charge in [0.1, 0.15) is 20.1 Å². The van der Waals surface area contributed by atoms with Crippen molar-refractivity contribution in [2.24, 2.45) is 0 Å². The average molecular weight is 253 g/mol. The molecule has 0 bridgehead atoms. The normalized spacial score (nSPS) is 8.57. The van der Waals surface area contributed by atoms with Gasteiger partial charge in [-0.15, -0.1) is 0 Å². The number of halogens is 1. The van der Waals surface area contributed by atoms with Crippen molar-refractivity contribution in [2.75, 3.05) is 0 Å². The minimum Gasteiger partial charge on any atom is -0.286 e. The maximum atomic E-state index is 8.62. The van der Waals surface area contributed by atoms with Crippen LogP contribution in [0.1, 0.15) is 0 Å². The summed E-state index contributed by atoms with van der Waals surface area (Å²) >= 11 is -5.94. The Morgan fingerprint density at radius 2 is 0.857 bits per heavy atom. The Bertz CT molecular complexity index is 27.2. The van der Waals surface area contributed by atoms with E-state index in [1.54, 1.807) is 0 Å². The van der Waals surface area contributed by atoms with E-state index in [0.717, 1.165) is 0 Å². The molecule has 0 radical (unpaired) electrons. The van der Waals surface area contributed by atoms with E-state index in [4.69, 9.17) is 13.7 Å². The van der Waals surface area contributed by atoms with Crippen molar-refractivity contribution in [3.63, 3.8) is 0 Å². The smallest absolute Gasteiger partial charge is 0.286 e. The topological polar surface area (TPSA) is 92.2 Å². The van der Waals surface area contributed by atoms with E-state index in [0.29, 0.717) is 0 Å². The Kier molecular flexibility index (Phi) is 17.4. The summed E-state index contributed by atoms with van der Waals surface area (Å²) in [6.45, 7) is 0. The maximum absolute atomic E-state index is 8.62. The first kappa shape index (κ1) is 16.7. The second kappa shape index (κ2) is 7.31. The fourth-order valence-corrected chi connectivity index (χ4v) is 0. The van der Waals surface area contributed by atoms with Gasteiger partial charge < -0.3 is 0 Å². The zero-order valence-corrected chi connectivity index (χ0v) is 11.3. The van der Waals surface area contributed by atoms with Gasteiger partial charge in [0.2, 0.25) is 0 Å². The molecule has 0 atom stereocenters. The summed E-state index contributed by atoms with van der Waals surface area (Å²) in [5.74, 6) is 0. The molecule has 0 aliphatic rings. The van der Waals surface area contributed by atoms with E-state index in [1.807, 2.05) is 0 Å². The predicted octanol–water partition coefficient (Wildman–Crippen LogP) is -13.7. The molecule has 0 aromatic heterocycles. The summed E-state index contributed by atoms with van der Waals surface area (Å²) < 4.78 is 34.5. The van der Waals surface area contributed by atoms with Gasteiger partial charge in [0, 0.05) is 0 Å². The van der Waals surface area contributed by atoms with E-state index in [2.05, 4.69) is 0 Å². The van der Waals surface area contributed by atoms with Crippen molar-refractivity contribution >= 4 is 0 Å². The van der Waals surface area contributed by atoms with Gasteiger partial charge in [-0.05, 0) is 0 Å². The van der Waals surface area contributed by atoms with Crippen LogP contribution in [0.3, 0.4) is 0 Å². The molecule has 0 fully saturated rings. The zero-order valence-electron chi connectivity index (χ0n) is 4.01. The van der Waals surface area contributed by atoms with Gasteiger partial charge in [-0.3, -0.25) is 13.7 Å². The van der Waals surface area contributed by atoms with Crippen molar-refractivity contribution in [1.29, 1.82) is 0 Å². The molecular formula is IKNaO4+. The summed E-state index contributed by atoms with van der Waals surface area (Å²) in [5.41, 5.74) is 0. The average Bonchev–Trinajstić information content (AvgIpc) is 0.722. The second-order valence-electron chi connectivity index (χ2n) is 0.378. The number of rotatable bonds is 0. The Balaban J connectivity index is -0.0000000800. The first-order valence-corrected chi connectivity index (χ1v) is 4.14. The van der Waals surface area contributed by atoms with Crippen molar-refractivity contribution < 1.29 is 115 Å². The molecule has 0 rings (SSSR count). The standard InChI is InChI=1S/IO4.K.Na/c2-1(3,4)5;;/q-1;2*+1. The summed E-state index contributed by atoms with van der Waals surface area (Å²) in [5, 5.41) is 0. The molecule has 4 nitrogen and oxygen atoms in total. The van der Waals surface area contributed by atoms with Crippen molar-refractivity contribution in [1.82, 2.24) is 0 Å². The summed E-state index contributed by atoms with van der Waals surface area (Å²) in [6, 6.07) is 0. The Labute approximate surface area is 112 Å². The van der Waals surface area contributed by atoms with E-state index in [-0.39, 0.29) is 80.9 Å². The Hall–Kier alpha value is 3.21. The number of hydrogen-bond acceptors (Lipinski definition) is 4. The van der Waals surface area contributed by atoms with Crippen LogP contribution in [-0.2, 0) is 0 Å². The van der Waals surface area contributed by atoms with Crippen LogP contribution in [0.25, 0.3) is 0 Å². The summed E-state index contributed by atoms with van der Waals surface area (Å²) in [7, 11) is 0. The first-order chi connectivity index (χ1) is 2.00. The molecule has 0 spiro atoms. The third-order valence-electron chi connectivity index (χ3n) is 0. The Morgan fingerprint density at radius 1 is 0.857 bits per heavy atom. The van der Waals surface area contributed by atoms with Crippen LogP contribution in [0.5, 0.6) is 0 Å². The van der Waals surface area contributed by atoms with Crippen LogP contribution in [0.4, 0.5) is 0 Å². The van der Waals surface area contributed by atoms with Crippen LogP contribution in [0.15, 0.2) is 0 Å². The molecule has 0 unspecified atom stereocenters. The molecule has 7 heavy (non-hydrogen) atoms. The van der Waals surface area contributed by atoms with Gasteiger partial charge in [0.15, 0.2) is 0 Å². The molecule has 0 aromatic carbocycles. The van der Waals surface area contributed by atoms with Gasteiger partial charge in [0.05, 0.1) is 0 Å². The molecule has 0 heterocycles. The van der Waals surface area contributed by atoms with Gasteiger partial charge in [-0.2, -0.15) is 0 Å². The molecule has 0 aromatic rings. The molecule has 0 aliphatic carbocycles. The minimum atomic E-state index is -5.94. The SMILES string of the molecule is [K+].[Na+].[O-][I+3]([O-])([O-])[O-]. The summed E-state index contributed by atoms with van der Waals surface area (Å²) in [6.07, 6.45) is 0. The van der Waals surface area contributed by atoms with E-state index in [1.165, 1.54) is 0 Å². The maximum Gasteiger partial charge on any atom is 1.00 e. The molecular weight excluding hydrogens is 253 g/mol. The van der Waals surface area contributed by atoms with E-state index in [9.17, 15) is 0 Å². The fraction of sp³-hybridized carbons (Fsp3) is 0. The van der Waals surface area contributed by atoms with Crippen molar-refractivity contribution in [3.05, 3.63) is 0 Å². The van der Waals surface area contributed by atoms with E-state index < -0.39 is 20.1 Å². The summed E-state index contributed by atoms with van der Waals surface area (Å²) in [4.78, 5) is 0.